The van der Waals surface area contributed by atoms with E-state index >= 15 is 0 Å². The van der Waals surface area contributed by atoms with Crippen LogP contribution in [0, 0.1) is 0 Å². The Balaban J connectivity index is 2.76. The molecule has 0 aromatic heterocycles. The van der Waals surface area contributed by atoms with Crippen molar-refractivity contribution in [1.82, 2.24) is 0 Å². The lowest BCUT2D eigenvalue weighted by Crippen LogP contribution is -2.28. The predicted octanol–water partition coefficient (Wildman–Crippen LogP) is 1.29. The van der Waals surface area contributed by atoms with Crippen molar-refractivity contribution < 1.29 is 18.3 Å². The number of sulfone groups is 1. The largest absolute Gasteiger partial charge is 0.394 e. The van der Waals surface area contributed by atoms with Crippen LogP contribution in [0.4, 0.5) is 5.69 Å². The molecular weight excluding hydrogens is 266 g/mol. The van der Waals surface area contributed by atoms with E-state index in [9.17, 15) is 8.42 Å². The van der Waals surface area contributed by atoms with E-state index in [1.54, 1.807) is 31.4 Å². The standard InChI is InChI=1S/C13H21NO4S/c1-3-8-19(16,17)13-6-4-11(5-7-13)14-12(9-15)10-18-2/h4-7,12,14-15H,3,8-10H2,1-2H3. The van der Waals surface area contributed by atoms with Crippen LogP contribution in [0.3, 0.4) is 0 Å². The first-order valence-electron chi connectivity index (χ1n) is 6.22. The van der Waals surface area contributed by atoms with Crippen molar-refractivity contribution in [3.8, 4) is 0 Å². The number of aliphatic hydroxyl groups is 1. The van der Waals surface area contributed by atoms with Crippen molar-refractivity contribution in [3.05, 3.63) is 24.3 Å². The third kappa shape index (κ3) is 4.81. The van der Waals surface area contributed by atoms with E-state index in [1.807, 2.05) is 6.92 Å². The summed E-state index contributed by atoms with van der Waals surface area (Å²) in [6, 6.07) is 6.34. The van der Waals surface area contributed by atoms with Crippen LogP contribution in [0.5, 0.6) is 0 Å². The first kappa shape index (κ1) is 15.9. The maximum Gasteiger partial charge on any atom is 0.178 e. The minimum Gasteiger partial charge on any atom is -0.394 e. The fraction of sp³-hybridized carbons (Fsp3) is 0.538. The Bertz CT molecular complexity index is 470. The fourth-order valence-electron chi connectivity index (χ4n) is 1.72. The van der Waals surface area contributed by atoms with Gasteiger partial charge in [-0.05, 0) is 30.7 Å². The molecule has 6 heteroatoms. The molecular formula is C13H21NO4S. The summed E-state index contributed by atoms with van der Waals surface area (Å²) < 4.78 is 28.6. The normalized spacial score (nSPS) is 13.2. The zero-order valence-electron chi connectivity index (χ0n) is 11.3. The van der Waals surface area contributed by atoms with Crippen molar-refractivity contribution in [1.29, 1.82) is 0 Å². The highest BCUT2D eigenvalue weighted by atomic mass is 32.2. The SMILES string of the molecule is CCCS(=O)(=O)c1ccc(NC(CO)COC)cc1. The number of hydrogen-bond donors (Lipinski definition) is 2. The highest BCUT2D eigenvalue weighted by molar-refractivity contribution is 7.91. The number of ether oxygens (including phenoxy) is 1. The molecule has 0 heterocycles. The Morgan fingerprint density at radius 3 is 2.42 bits per heavy atom. The van der Waals surface area contributed by atoms with Gasteiger partial charge >= 0.3 is 0 Å². The average molecular weight is 287 g/mol. The van der Waals surface area contributed by atoms with E-state index in [2.05, 4.69) is 5.32 Å². The molecule has 1 aromatic carbocycles. The van der Waals surface area contributed by atoms with Gasteiger partial charge in [0.1, 0.15) is 0 Å². The van der Waals surface area contributed by atoms with Crippen LogP contribution in [0.1, 0.15) is 13.3 Å². The van der Waals surface area contributed by atoms with Crippen molar-refractivity contribution >= 4 is 15.5 Å². The molecule has 1 unspecified atom stereocenters. The molecule has 1 rings (SSSR count). The maximum atomic E-state index is 11.8. The van der Waals surface area contributed by atoms with E-state index in [-0.39, 0.29) is 18.4 Å². The summed E-state index contributed by atoms with van der Waals surface area (Å²) >= 11 is 0. The quantitative estimate of drug-likeness (QED) is 0.753. The van der Waals surface area contributed by atoms with Crippen molar-refractivity contribution in [2.45, 2.75) is 24.3 Å². The molecule has 0 radical (unpaired) electrons. The topological polar surface area (TPSA) is 75.6 Å². The van der Waals surface area contributed by atoms with Crippen LogP contribution in [-0.4, -0.2) is 45.6 Å². The molecule has 1 aromatic rings. The summed E-state index contributed by atoms with van der Waals surface area (Å²) in [6.45, 7) is 2.17. The van der Waals surface area contributed by atoms with Gasteiger partial charge in [0.15, 0.2) is 9.84 Å². The summed E-state index contributed by atoms with van der Waals surface area (Å²) in [5.41, 5.74) is 0.756. The Hall–Kier alpha value is -1.11. The molecule has 1 atom stereocenters. The van der Waals surface area contributed by atoms with Gasteiger partial charge in [0.25, 0.3) is 0 Å². The smallest absolute Gasteiger partial charge is 0.178 e. The Morgan fingerprint density at radius 1 is 1.32 bits per heavy atom. The predicted molar refractivity (Wildman–Crippen MR) is 75.2 cm³/mol. The lowest BCUT2D eigenvalue weighted by atomic mass is 10.2. The van der Waals surface area contributed by atoms with Crippen LogP contribution in [0.2, 0.25) is 0 Å². The Kier molecular flexibility index (Phi) is 6.27. The zero-order valence-corrected chi connectivity index (χ0v) is 12.1. The van der Waals surface area contributed by atoms with Crippen LogP contribution < -0.4 is 5.32 Å². The molecule has 0 saturated heterocycles. The third-order valence-corrected chi connectivity index (χ3v) is 4.58. The Morgan fingerprint density at radius 2 is 1.95 bits per heavy atom. The van der Waals surface area contributed by atoms with Gasteiger partial charge in [-0.25, -0.2) is 8.42 Å². The average Bonchev–Trinajstić information content (AvgIpc) is 2.39. The number of rotatable bonds is 8. The first-order chi connectivity index (χ1) is 9.03. The molecule has 2 N–H and O–H groups in total. The second-order valence-electron chi connectivity index (χ2n) is 4.32. The molecule has 0 aliphatic carbocycles. The molecule has 0 saturated carbocycles. The number of aliphatic hydroxyl groups excluding tert-OH is 1. The minimum atomic E-state index is -3.17. The van der Waals surface area contributed by atoms with E-state index in [0.29, 0.717) is 17.9 Å². The van der Waals surface area contributed by atoms with Crippen LogP contribution >= 0.6 is 0 Å². The van der Waals surface area contributed by atoms with E-state index in [4.69, 9.17) is 9.84 Å². The summed E-state index contributed by atoms with van der Waals surface area (Å²) in [4.78, 5) is 0.326. The lowest BCUT2D eigenvalue weighted by Gasteiger charge is -2.16. The molecule has 19 heavy (non-hydrogen) atoms. The monoisotopic (exact) mass is 287 g/mol. The van der Waals surface area contributed by atoms with Gasteiger partial charge in [-0.2, -0.15) is 0 Å². The molecule has 5 nitrogen and oxygen atoms in total. The van der Waals surface area contributed by atoms with Gasteiger partial charge in [0.2, 0.25) is 0 Å². The van der Waals surface area contributed by atoms with Gasteiger partial charge in [-0.1, -0.05) is 6.92 Å². The third-order valence-electron chi connectivity index (χ3n) is 2.65. The van der Waals surface area contributed by atoms with E-state index in [0.717, 1.165) is 5.69 Å². The second kappa shape index (κ2) is 7.47. The van der Waals surface area contributed by atoms with Crippen LogP contribution in [0.25, 0.3) is 0 Å². The molecule has 0 spiro atoms. The molecule has 0 aliphatic heterocycles. The molecule has 108 valence electrons. The summed E-state index contributed by atoms with van der Waals surface area (Å²) in [5, 5.41) is 12.2. The van der Waals surface area contributed by atoms with Crippen molar-refractivity contribution in [2.75, 3.05) is 31.4 Å². The van der Waals surface area contributed by atoms with Gasteiger partial charge in [-0.3, -0.25) is 0 Å². The lowest BCUT2D eigenvalue weighted by molar-refractivity contribution is 0.153. The molecule has 0 bridgehead atoms. The van der Waals surface area contributed by atoms with Crippen LogP contribution in [0.15, 0.2) is 29.2 Å². The number of hydrogen-bond acceptors (Lipinski definition) is 5. The number of methoxy groups -OCH3 is 1. The molecule has 0 amide bonds. The van der Waals surface area contributed by atoms with Gasteiger partial charge in [-0.15, -0.1) is 0 Å². The summed E-state index contributed by atoms with van der Waals surface area (Å²) in [5.74, 6) is 0.155. The van der Waals surface area contributed by atoms with Crippen LogP contribution in [-0.2, 0) is 14.6 Å². The summed E-state index contributed by atoms with van der Waals surface area (Å²) in [6.07, 6.45) is 0.600. The van der Waals surface area contributed by atoms with E-state index in [1.165, 1.54) is 0 Å². The number of anilines is 1. The van der Waals surface area contributed by atoms with Gasteiger partial charge in [0, 0.05) is 12.8 Å². The highest BCUT2D eigenvalue weighted by Gasteiger charge is 2.13. The number of nitrogens with one attached hydrogen (secondary N) is 1. The Labute approximate surface area is 114 Å². The summed E-state index contributed by atoms with van der Waals surface area (Å²) in [7, 11) is -1.61. The first-order valence-corrected chi connectivity index (χ1v) is 7.88. The molecule has 0 aliphatic rings. The zero-order chi connectivity index (χ0) is 14.3. The van der Waals surface area contributed by atoms with Crippen molar-refractivity contribution in [2.24, 2.45) is 0 Å². The minimum absolute atomic E-state index is 0.0519. The second-order valence-corrected chi connectivity index (χ2v) is 6.43. The van der Waals surface area contributed by atoms with E-state index < -0.39 is 9.84 Å². The maximum absolute atomic E-state index is 11.8. The fourth-order valence-corrected chi connectivity index (χ4v) is 3.05. The number of benzene rings is 1. The van der Waals surface area contributed by atoms with Gasteiger partial charge < -0.3 is 15.2 Å². The highest BCUT2D eigenvalue weighted by Crippen LogP contribution is 2.16. The van der Waals surface area contributed by atoms with Gasteiger partial charge in [0.05, 0.1) is 29.9 Å². The molecule has 0 fully saturated rings. The van der Waals surface area contributed by atoms with Crippen molar-refractivity contribution in [3.63, 3.8) is 0 Å².